The van der Waals surface area contributed by atoms with Crippen LogP contribution in [0.15, 0.2) is 66.7 Å². The van der Waals surface area contributed by atoms with E-state index in [2.05, 4.69) is 38.1 Å². The van der Waals surface area contributed by atoms with Crippen LogP contribution in [0.5, 0.6) is 0 Å². The minimum Gasteiger partial charge on any atom is -0.371 e. The molecule has 2 atom stereocenters. The van der Waals surface area contributed by atoms with Gasteiger partial charge in [-0.1, -0.05) is 86.5 Å². The molecule has 0 aliphatic heterocycles. The Labute approximate surface area is 169 Å². The molecule has 146 valence electrons. The van der Waals surface area contributed by atoms with Crippen LogP contribution in [0.3, 0.4) is 0 Å². The van der Waals surface area contributed by atoms with Gasteiger partial charge in [0.1, 0.15) is 5.60 Å². The summed E-state index contributed by atoms with van der Waals surface area (Å²) in [5.41, 5.74) is 1.78. The Hall–Kier alpha value is -1.61. The number of benzene rings is 2. The topological polar surface area (TPSA) is 18.5 Å². The van der Waals surface area contributed by atoms with E-state index >= 15 is 0 Å². The predicted octanol–water partition coefficient (Wildman–Crippen LogP) is 6.92. The molecule has 0 saturated carbocycles. The molecule has 1 unspecified atom stereocenters. The molecule has 0 saturated heterocycles. The van der Waals surface area contributed by atoms with Crippen LogP contribution in [0.4, 0.5) is 0 Å². The number of rotatable bonds is 11. The van der Waals surface area contributed by atoms with E-state index in [0.29, 0.717) is 13.2 Å². The first-order chi connectivity index (χ1) is 13.2. The molecule has 2 aromatic rings. The van der Waals surface area contributed by atoms with Crippen molar-refractivity contribution in [1.29, 1.82) is 0 Å². The van der Waals surface area contributed by atoms with E-state index < -0.39 is 5.60 Å². The quantitative estimate of drug-likeness (QED) is 0.390. The summed E-state index contributed by atoms with van der Waals surface area (Å²) in [6.45, 7) is 7.49. The standard InChI is InChI=1S/C24H31ClO2/c1-4-7-18-26-23(6-3)24(17-5-2,21-13-15-22(25)16-14-21)27-19-20-11-9-8-10-12-20/h4,7-16,23H,5-6,17-19H2,1-3H3/b7-4+/t23?,24-/m0/s1. The lowest BCUT2D eigenvalue weighted by Crippen LogP contribution is -2.43. The van der Waals surface area contributed by atoms with Crippen molar-refractivity contribution >= 4 is 11.6 Å². The molecule has 0 spiro atoms. The maximum Gasteiger partial charge on any atom is 0.120 e. The Morgan fingerprint density at radius 1 is 1.04 bits per heavy atom. The molecule has 0 N–H and O–H groups in total. The average molecular weight is 387 g/mol. The van der Waals surface area contributed by atoms with E-state index in [4.69, 9.17) is 21.1 Å². The minimum absolute atomic E-state index is 0.0430. The Morgan fingerprint density at radius 2 is 1.74 bits per heavy atom. The lowest BCUT2D eigenvalue weighted by Gasteiger charge is -2.41. The van der Waals surface area contributed by atoms with Crippen molar-refractivity contribution < 1.29 is 9.47 Å². The van der Waals surface area contributed by atoms with Gasteiger partial charge in [0.2, 0.25) is 0 Å². The van der Waals surface area contributed by atoms with E-state index in [0.717, 1.165) is 35.4 Å². The molecule has 0 aromatic heterocycles. The fraction of sp³-hybridized carbons (Fsp3) is 0.417. The largest absolute Gasteiger partial charge is 0.371 e. The molecule has 0 heterocycles. The van der Waals surface area contributed by atoms with Crippen LogP contribution >= 0.6 is 11.6 Å². The summed E-state index contributed by atoms with van der Waals surface area (Å²) in [7, 11) is 0. The molecule has 2 nitrogen and oxygen atoms in total. The van der Waals surface area contributed by atoms with E-state index in [1.54, 1.807) is 0 Å². The van der Waals surface area contributed by atoms with Crippen LogP contribution in [0.25, 0.3) is 0 Å². The van der Waals surface area contributed by atoms with Gasteiger partial charge in [0.15, 0.2) is 0 Å². The molecule has 27 heavy (non-hydrogen) atoms. The van der Waals surface area contributed by atoms with Gasteiger partial charge in [-0.3, -0.25) is 0 Å². The van der Waals surface area contributed by atoms with Crippen molar-refractivity contribution in [1.82, 2.24) is 0 Å². The molecule has 0 radical (unpaired) electrons. The van der Waals surface area contributed by atoms with Gasteiger partial charge < -0.3 is 9.47 Å². The zero-order chi connectivity index (χ0) is 19.5. The Balaban J connectivity index is 2.39. The number of hydrogen-bond acceptors (Lipinski definition) is 2. The lowest BCUT2D eigenvalue weighted by molar-refractivity contribution is -0.162. The first kappa shape index (κ1) is 21.7. The van der Waals surface area contributed by atoms with Gasteiger partial charge >= 0.3 is 0 Å². The predicted molar refractivity (Wildman–Crippen MR) is 114 cm³/mol. The zero-order valence-corrected chi connectivity index (χ0v) is 17.4. The van der Waals surface area contributed by atoms with Gasteiger partial charge in [-0.15, -0.1) is 0 Å². The molecule has 2 rings (SSSR count). The number of allylic oxidation sites excluding steroid dienone is 1. The van der Waals surface area contributed by atoms with Crippen molar-refractivity contribution in [2.24, 2.45) is 0 Å². The van der Waals surface area contributed by atoms with Gasteiger partial charge in [-0.2, -0.15) is 0 Å². The van der Waals surface area contributed by atoms with Crippen LogP contribution in [0.1, 0.15) is 51.2 Å². The molecule has 3 heteroatoms. The first-order valence-electron chi connectivity index (χ1n) is 9.83. The van der Waals surface area contributed by atoms with Crippen LogP contribution < -0.4 is 0 Å². The molecule has 0 aliphatic rings. The molecule has 0 fully saturated rings. The third-order valence-corrected chi connectivity index (χ3v) is 5.07. The highest BCUT2D eigenvalue weighted by Gasteiger charge is 2.41. The summed E-state index contributed by atoms with van der Waals surface area (Å²) in [6, 6.07) is 18.3. The fourth-order valence-corrected chi connectivity index (χ4v) is 3.61. The van der Waals surface area contributed by atoms with E-state index in [1.165, 1.54) is 0 Å². The van der Waals surface area contributed by atoms with Gasteiger partial charge in [-0.25, -0.2) is 0 Å². The highest BCUT2D eigenvalue weighted by Crippen LogP contribution is 2.39. The van der Waals surface area contributed by atoms with Crippen molar-refractivity contribution in [3.05, 3.63) is 82.9 Å². The van der Waals surface area contributed by atoms with Crippen LogP contribution in [-0.2, 0) is 21.7 Å². The first-order valence-corrected chi connectivity index (χ1v) is 10.2. The van der Waals surface area contributed by atoms with Crippen molar-refractivity contribution in [3.63, 3.8) is 0 Å². The molecule has 0 bridgehead atoms. The zero-order valence-electron chi connectivity index (χ0n) is 16.7. The van der Waals surface area contributed by atoms with E-state index in [9.17, 15) is 0 Å². The number of hydrogen-bond donors (Lipinski definition) is 0. The third kappa shape index (κ3) is 5.93. The Kier molecular flexibility index (Phi) is 9.06. The summed E-state index contributed by atoms with van der Waals surface area (Å²) in [5, 5.41) is 0.732. The SMILES string of the molecule is C/C=C/COC(CC)[C@@](CCC)(OCc1ccccc1)c1ccc(Cl)cc1. The average Bonchev–Trinajstić information content (AvgIpc) is 2.70. The monoisotopic (exact) mass is 386 g/mol. The van der Waals surface area contributed by atoms with Gasteiger partial charge in [-0.05, 0) is 43.0 Å². The van der Waals surface area contributed by atoms with Gasteiger partial charge in [0.05, 0.1) is 19.3 Å². The number of halogens is 1. The fourth-order valence-electron chi connectivity index (χ4n) is 3.48. The highest BCUT2D eigenvalue weighted by atomic mass is 35.5. The second-order valence-corrected chi connectivity index (χ2v) is 7.16. The Morgan fingerprint density at radius 3 is 2.33 bits per heavy atom. The Bertz CT molecular complexity index is 681. The van der Waals surface area contributed by atoms with E-state index in [1.807, 2.05) is 49.4 Å². The van der Waals surface area contributed by atoms with Gasteiger partial charge in [0, 0.05) is 5.02 Å². The molecular formula is C24H31ClO2. The third-order valence-electron chi connectivity index (χ3n) is 4.81. The van der Waals surface area contributed by atoms with Crippen molar-refractivity contribution in [2.45, 2.75) is 58.3 Å². The van der Waals surface area contributed by atoms with Crippen LogP contribution in [-0.4, -0.2) is 12.7 Å². The summed E-state index contributed by atoms with van der Waals surface area (Å²) in [6.07, 6.45) is 6.77. The van der Waals surface area contributed by atoms with Crippen LogP contribution in [0.2, 0.25) is 5.02 Å². The summed E-state index contributed by atoms with van der Waals surface area (Å²) >= 11 is 6.15. The maximum atomic E-state index is 6.67. The number of ether oxygens (including phenoxy) is 2. The molecule has 2 aromatic carbocycles. The minimum atomic E-state index is -0.508. The van der Waals surface area contributed by atoms with Crippen molar-refractivity contribution in [3.8, 4) is 0 Å². The van der Waals surface area contributed by atoms with Crippen LogP contribution in [0, 0.1) is 0 Å². The van der Waals surface area contributed by atoms with Gasteiger partial charge in [0.25, 0.3) is 0 Å². The normalized spacial score (nSPS) is 15.0. The molecular weight excluding hydrogens is 356 g/mol. The highest BCUT2D eigenvalue weighted by molar-refractivity contribution is 6.30. The summed E-state index contributed by atoms with van der Waals surface area (Å²) < 4.78 is 13.0. The smallest absolute Gasteiger partial charge is 0.120 e. The van der Waals surface area contributed by atoms with E-state index in [-0.39, 0.29) is 6.10 Å². The molecule has 0 amide bonds. The maximum absolute atomic E-state index is 6.67. The molecule has 0 aliphatic carbocycles. The second-order valence-electron chi connectivity index (χ2n) is 6.72. The second kappa shape index (κ2) is 11.3. The lowest BCUT2D eigenvalue weighted by atomic mass is 9.82. The van der Waals surface area contributed by atoms with Crippen molar-refractivity contribution in [2.75, 3.05) is 6.61 Å². The summed E-state index contributed by atoms with van der Waals surface area (Å²) in [4.78, 5) is 0. The summed E-state index contributed by atoms with van der Waals surface area (Å²) in [5.74, 6) is 0.